The highest BCUT2D eigenvalue weighted by Crippen LogP contribution is 2.31. The van der Waals surface area contributed by atoms with Crippen molar-refractivity contribution in [3.05, 3.63) is 120 Å². The van der Waals surface area contributed by atoms with Crippen LogP contribution in [0.3, 0.4) is 0 Å². The molecule has 0 saturated heterocycles. The number of methoxy groups -OCH3 is 2. The monoisotopic (exact) mass is 580 g/mol. The standard InChI is InChI=1S/C36H24N2O6/c1-39-23-11-13-25-27(19-35(43-31(25)17-23)33-15-21-7-3-5-9-29(21)41-33)37-38-28-20-36(34-16-22-8-4-6-10-30(22)42-34)44-32-18-24(40-2)12-14-26(28)32/h3-20H,1-2H3/b37-27-,38-28+. The summed E-state index contributed by atoms with van der Waals surface area (Å²) in [6.07, 6.45) is 0. The van der Waals surface area contributed by atoms with Crippen LogP contribution in [0.5, 0.6) is 11.5 Å². The molecule has 0 spiro atoms. The van der Waals surface area contributed by atoms with Crippen LogP contribution in [0.4, 0.5) is 0 Å². The number of rotatable bonds is 5. The zero-order chi connectivity index (χ0) is 29.6. The van der Waals surface area contributed by atoms with Gasteiger partial charge in [0, 0.05) is 45.8 Å². The average molecular weight is 581 g/mol. The zero-order valence-electron chi connectivity index (χ0n) is 23.7. The van der Waals surface area contributed by atoms with Gasteiger partial charge in [0.15, 0.2) is 23.0 Å². The van der Waals surface area contributed by atoms with Crippen molar-refractivity contribution >= 4 is 43.9 Å². The second-order valence-electron chi connectivity index (χ2n) is 10.2. The molecule has 214 valence electrons. The van der Waals surface area contributed by atoms with Gasteiger partial charge in [0.1, 0.15) is 44.5 Å². The molecule has 8 nitrogen and oxygen atoms in total. The molecule has 8 rings (SSSR count). The topological polar surface area (TPSA) is 95.7 Å². The van der Waals surface area contributed by atoms with Gasteiger partial charge in [-0.15, -0.1) is 10.2 Å². The van der Waals surface area contributed by atoms with E-state index in [0.717, 1.165) is 32.7 Å². The smallest absolute Gasteiger partial charge is 0.172 e. The normalized spacial score (nSPS) is 12.6. The highest BCUT2D eigenvalue weighted by molar-refractivity contribution is 5.85. The number of para-hydroxylation sites is 2. The summed E-state index contributed by atoms with van der Waals surface area (Å²) in [6.45, 7) is 0. The quantitative estimate of drug-likeness (QED) is 0.190. The minimum atomic E-state index is 0.511. The van der Waals surface area contributed by atoms with Crippen molar-refractivity contribution in [1.82, 2.24) is 0 Å². The van der Waals surface area contributed by atoms with Gasteiger partial charge in [-0.05, 0) is 48.5 Å². The number of ether oxygens (including phenoxy) is 2. The molecular formula is C36H24N2O6. The van der Waals surface area contributed by atoms with E-state index in [1.807, 2.05) is 109 Å². The van der Waals surface area contributed by atoms with E-state index in [4.69, 9.17) is 37.3 Å². The fraction of sp³-hybridized carbons (Fsp3) is 0.0556. The largest absolute Gasteiger partial charge is 0.497 e. The van der Waals surface area contributed by atoms with Crippen LogP contribution in [-0.4, -0.2) is 14.2 Å². The molecule has 0 fully saturated rings. The lowest BCUT2D eigenvalue weighted by atomic mass is 10.2. The number of hydrogen-bond donors (Lipinski definition) is 0. The Morgan fingerprint density at radius 3 is 1.27 bits per heavy atom. The van der Waals surface area contributed by atoms with E-state index < -0.39 is 0 Å². The van der Waals surface area contributed by atoms with Crippen molar-refractivity contribution in [2.75, 3.05) is 14.2 Å². The summed E-state index contributed by atoms with van der Waals surface area (Å²) in [7, 11) is 3.23. The third-order valence-electron chi connectivity index (χ3n) is 7.51. The summed E-state index contributed by atoms with van der Waals surface area (Å²) in [5.41, 5.74) is 2.69. The molecule has 0 atom stereocenters. The fourth-order valence-corrected chi connectivity index (χ4v) is 5.27. The maximum absolute atomic E-state index is 6.30. The Bertz CT molecular complexity index is 2250. The minimum Gasteiger partial charge on any atom is -0.497 e. The molecule has 8 aromatic rings. The van der Waals surface area contributed by atoms with Gasteiger partial charge < -0.3 is 27.1 Å². The van der Waals surface area contributed by atoms with Gasteiger partial charge in [0.25, 0.3) is 0 Å². The van der Waals surface area contributed by atoms with Crippen LogP contribution in [0.2, 0.25) is 0 Å². The van der Waals surface area contributed by atoms with Crippen LogP contribution in [0.25, 0.3) is 66.9 Å². The van der Waals surface area contributed by atoms with Gasteiger partial charge >= 0.3 is 0 Å². The first-order chi connectivity index (χ1) is 21.6. The van der Waals surface area contributed by atoms with Crippen LogP contribution in [-0.2, 0) is 0 Å². The maximum atomic E-state index is 6.30. The number of fused-ring (bicyclic) bond motifs is 4. The Morgan fingerprint density at radius 1 is 0.432 bits per heavy atom. The predicted octanol–water partition coefficient (Wildman–Crippen LogP) is 8.44. The fourth-order valence-electron chi connectivity index (χ4n) is 5.27. The Labute approximate surface area is 249 Å². The Hall–Kier alpha value is -6.02. The average Bonchev–Trinajstić information content (AvgIpc) is 3.71. The second kappa shape index (κ2) is 10.4. The number of nitrogens with zero attached hydrogens (tertiary/aromatic N) is 2. The Morgan fingerprint density at radius 2 is 0.841 bits per heavy atom. The molecule has 4 heterocycles. The van der Waals surface area contributed by atoms with Gasteiger partial charge in [0.05, 0.1) is 14.2 Å². The third kappa shape index (κ3) is 4.49. The van der Waals surface area contributed by atoms with Crippen molar-refractivity contribution in [2.45, 2.75) is 0 Å². The Balaban J connectivity index is 1.37. The molecule has 0 aliphatic carbocycles. The van der Waals surface area contributed by atoms with Crippen molar-refractivity contribution in [3.8, 4) is 34.5 Å². The van der Waals surface area contributed by atoms with E-state index in [-0.39, 0.29) is 0 Å². The number of hydrogen-bond acceptors (Lipinski definition) is 8. The van der Waals surface area contributed by atoms with Gasteiger partial charge in [-0.1, -0.05) is 36.4 Å². The molecule has 0 aliphatic rings. The van der Waals surface area contributed by atoms with Crippen LogP contribution < -0.4 is 20.2 Å². The van der Waals surface area contributed by atoms with Crippen LogP contribution >= 0.6 is 0 Å². The first kappa shape index (κ1) is 25.7. The third-order valence-corrected chi connectivity index (χ3v) is 7.51. The summed E-state index contributed by atoms with van der Waals surface area (Å²) >= 11 is 0. The summed E-state index contributed by atoms with van der Waals surface area (Å²) in [4.78, 5) is 0. The highest BCUT2D eigenvalue weighted by Gasteiger charge is 2.14. The first-order valence-electron chi connectivity index (χ1n) is 13.9. The van der Waals surface area contributed by atoms with Gasteiger partial charge in [-0.2, -0.15) is 0 Å². The minimum absolute atomic E-state index is 0.511. The molecule has 0 unspecified atom stereocenters. The van der Waals surface area contributed by atoms with Crippen LogP contribution in [0.15, 0.2) is 137 Å². The highest BCUT2D eigenvalue weighted by atomic mass is 16.5. The first-order valence-corrected chi connectivity index (χ1v) is 13.9. The molecule has 44 heavy (non-hydrogen) atoms. The van der Waals surface area contributed by atoms with Crippen LogP contribution in [0.1, 0.15) is 0 Å². The molecule has 0 amide bonds. The van der Waals surface area contributed by atoms with Crippen molar-refractivity contribution in [1.29, 1.82) is 0 Å². The summed E-state index contributed by atoms with van der Waals surface area (Å²) in [5.74, 6) is 3.50. The van der Waals surface area contributed by atoms with Gasteiger partial charge in [-0.3, -0.25) is 0 Å². The molecule has 8 heteroatoms. The zero-order valence-corrected chi connectivity index (χ0v) is 23.7. The molecule has 0 N–H and O–H groups in total. The lowest BCUT2D eigenvalue weighted by Crippen LogP contribution is -2.07. The molecular weight excluding hydrogens is 556 g/mol. The van der Waals surface area contributed by atoms with Gasteiger partial charge in [0.2, 0.25) is 0 Å². The molecule has 0 bridgehead atoms. The molecule has 4 aromatic heterocycles. The number of benzene rings is 4. The van der Waals surface area contributed by atoms with Crippen molar-refractivity contribution < 1.29 is 27.1 Å². The van der Waals surface area contributed by atoms with E-state index in [1.54, 1.807) is 14.2 Å². The molecule has 4 aromatic carbocycles. The van der Waals surface area contributed by atoms with E-state index in [9.17, 15) is 0 Å². The Kier molecular flexibility index (Phi) is 6.04. The molecule has 0 aliphatic heterocycles. The summed E-state index contributed by atoms with van der Waals surface area (Å²) in [5, 5.41) is 14.2. The van der Waals surface area contributed by atoms with E-state index in [1.165, 1.54) is 0 Å². The maximum Gasteiger partial charge on any atom is 0.172 e. The summed E-state index contributed by atoms with van der Waals surface area (Å²) in [6, 6.07) is 34.3. The lowest BCUT2D eigenvalue weighted by Gasteiger charge is -2.05. The van der Waals surface area contributed by atoms with Crippen molar-refractivity contribution in [2.24, 2.45) is 10.2 Å². The lowest BCUT2D eigenvalue weighted by molar-refractivity contribution is 0.414. The SMILES string of the molecule is COc1ccc2/c(=N\N=c3/cc(-c4cc5ccccc5o4)oc4cc(OC)ccc34)cc(-c3cc4ccccc4o3)oc2c1. The predicted molar refractivity (Wildman–Crippen MR) is 167 cm³/mol. The van der Waals surface area contributed by atoms with Crippen LogP contribution in [0, 0.1) is 0 Å². The van der Waals surface area contributed by atoms with Gasteiger partial charge in [-0.25, -0.2) is 0 Å². The van der Waals surface area contributed by atoms with E-state index in [2.05, 4.69) is 0 Å². The number of furan rings is 2. The molecule has 0 radical (unpaired) electrons. The second-order valence-corrected chi connectivity index (χ2v) is 10.2. The van der Waals surface area contributed by atoms with Crippen molar-refractivity contribution in [3.63, 3.8) is 0 Å². The van der Waals surface area contributed by atoms with E-state index in [0.29, 0.717) is 56.4 Å². The summed E-state index contributed by atoms with van der Waals surface area (Å²) < 4.78 is 35.7. The van der Waals surface area contributed by atoms with E-state index >= 15 is 0 Å². The molecule has 0 saturated carbocycles.